The number of carbonyl (C=O) groups is 1. The molecule has 16 heavy (non-hydrogen) atoms. The third kappa shape index (κ3) is 1.93. The van der Waals surface area contributed by atoms with Gasteiger partial charge in [-0.2, -0.15) is 0 Å². The maximum absolute atomic E-state index is 11.9. The predicted molar refractivity (Wildman–Crippen MR) is 64.6 cm³/mol. The van der Waals surface area contributed by atoms with Gasteiger partial charge < -0.3 is 4.74 Å². The second-order valence-corrected chi connectivity index (χ2v) is 4.05. The second-order valence-electron chi connectivity index (χ2n) is 4.05. The van der Waals surface area contributed by atoms with Crippen molar-refractivity contribution in [3.05, 3.63) is 41.0 Å². The number of hydrogen-bond donors (Lipinski definition) is 0. The first kappa shape index (κ1) is 11.1. The normalized spacial score (nSPS) is 18.6. The van der Waals surface area contributed by atoms with Gasteiger partial charge in [-0.25, -0.2) is 0 Å². The predicted octanol–water partition coefficient (Wildman–Crippen LogP) is 2.86. The molecule has 2 heteroatoms. The van der Waals surface area contributed by atoms with Gasteiger partial charge in [0.1, 0.15) is 6.10 Å². The summed E-state index contributed by atoms with van der Waals surface area (Å²) in [5, 5.41) is 0. The van der Waals surface area contributed by atoms with Gasteiger partial charge in [-0.05, 0) is 23.6 Å². The molecular weight excluding hydrogens is 200 g/mol. The van der Waals surface area contributed by atoms with Gasteiger partial charge in [0.25, 0.3) is 0 Å². The van der Waals surface area contributed by atoms with Crippen molar-refractivity contribution in [1.82, 2.24) is 0 Å². The molecule has 0 radical (unpaired) electrons. The van der Waals surface area contributed by atoms with Crippen LogP contribution in [-0.4, -0.2) is 19.0 Å². The van der Waals surface area contributed by atoms with Crippen LogP contribution in [0.15, 0.2) is 24.3 Å². The van der Waals surface area contributed by atoms with Gasteiger partial charge >= 0.3 is 0 Å². The highest BCUT2D eigenvalue weighted by atomic mass is 16.5. The topological polar surface area (TPSA) is 26.3 Å². The summed E-state index contributed by atoms with van der Waals surface area (Å²) in [5.41, 5.74) is 3.08. The smallest absolute Gasteiger partial charge is 0.196 e. The highest BCUT2D eigenvalue weighted by molar-refractivity contribution is 6.06. The minimum atomic E-state index is -0.412. The van der Waals surface area contributed by atoms with E-state index >= 15 is 0 Å². The average Bonchev–Trinajstić information content (AvgIpc) is 2.30. The minimum Gasteiger partial charge on any atom is -0.369 e. The molecule has 0 spiro atoms. The zero-order valence-electron chi connectivity index (χ0n) is 9.69. The van der Waals surface area contributed by atoms with Crippen molar-refractivity contribution < 1.29 is 9.53 Å². The zero-order valence-corrected chi connectivity index (χ0v) is 9.69. The molecule has 2 rings (SSSR count). The van der Waals surface area contributed by atoms with Crippen molar-refractivity contribution in [3.63, 3.8) is 0 Å². The molecule has 0 fully saturated rings. The van der Waals surface area contributed by atoms with Gasteiger partial charge in [-0.3, -0.25) is 4.79 Å². The molecule has 0 aromatic heterocycles. The fourth-order valence-corrected chi connectivity index (χ4v) is 2.04. The largest absolute Gasteiger partial charge is 0.369 e. The van der Waals surface area contributed by atoms with E-state index in [1.807, 2.05) is 24.3 Å². The highest BCUT2D eigenvalue weighted by Gasteiger charge is 2.22. The fourth-order valence-electron chi connectivity index (χ4n) is 2.04. The highest BCUT2D eigenvalue weighted by Crippen LogP contribution is 2.22. The fraction of sp³-hybridized carbons (Fsp3) is 0.357. The number of fused-ring (bicyclic) bond motifs is 1. The van der Waals surface area contributed by atoms with E-state index in [2.05, 4.69) is 13.0 Å². The van der Waals surface area contributed by atoms with E-state index in [-0.39, 0.29) is 5.78 Å². The molecule has 1 atom stereocenters. The lowest BCUT2D eigenvalue weighted by atomic mass is 9.92. The van der Waals surface area contributed by atoms with E-state index in [9.17, 15) is 4.79 Å². The first-order valence-corrected chi connectivity index (χ1v) is 5.64. The Balaban J connectivity index is 2.36. The van der Waals surface area contributed by atoms with Gasteiger partial charge in [0.05, 0.1) is 0 Å². The van der Waals surface area contributed by atoms with E-state index in [1.54, 1.807) is 7.11 Å². The maximum atomic E-state index is 11.9. The number of carbonyl (C=O) groups excluding carboxylic acids is 1. The van der Waals surface area contributed by atoms with Crippen molar-refractivity contribution in [2.75, 3.05) is 7.11 Å². The second kappa shape index (κ2) is 4.62. The first-order valence-electron chi connectivity index (χ1n) is 5.64. The molecular formula is C14H16O2. The Hall–Kier alpha value is -1.41. The quantitative estimate of drug-likeness (QED) is 0.776. The molecule has 0 saturated carbocycles. The van der Waals surface area contributed by atoms with Crippen LogP contribution in [0.2, 0.25) is 0 Å². The van der Waals surface area contributed by atoms with Gasteiger partial charge in [-0.15, -0.1) is 0 Å². The molecule has 84 valence electrons. The summed E-state index contributed by atoms with van der Waals surface area (Å²) < 4.78 is 5.10. The van der Waals surface area contributed by atoms with Crippen molar-refractivity contribution in [3.8, 4) is 0 Å². The molecule has 0 N–H and O–H groups in total. The van der Waals surface area contributed by atoms with Crippen LogP contribution in [0, 0.1) is 0 Å². The number of Topliss-reactive ketones (excluding diaryl/α,β-unsaturated/α-hetero) is 1. The maximum Gasteiger partial charge on any atom is 0.196 e. The van der Waals surface area contributed by atoms with Crippen molar-refractivity contribution in [1.29, 1.82) is 0 Å². The minimum absolute atomic E-state index is 0.0584. The van der Waals surface area contributed by atoms with Crippen LogP contribution >= 0.6 is 0 Å². The first-order chi connectivity index (χ1) is 7.76. The van der Waals surface area contributed by atoms with Gasteiger partial charge in [0.15, 0.2) is 5.78 Å². The van der Waals surface area contributed by atoms with Gasteiger partial charge in [0.2, 0.25) is 0 Å². The summed E-state index contributed by atoms with van der Waals surface area (Å²) in [6, 6.07) is 6.05. The number of hydrogen-bond acceptors (Lipinski definition) is 2. The van der Waals surface area contributed by atoms with Crippen LogP contribution in [0.4, 0.5) is 0 Å². The average molecular weight is 216 g/mol. The number of ether oxygens (including phenoxy) is 1. The lowest BCUT2D eigenvalue weighted by Crippen LogP contribution is -2.24. The molecule has 1 aromatic carbocycles. The molecule has 1 aliphatic carbocycles. The third-order valence-electron chi connectivity index (χ3n) is 2.88. The van der Waals surface area contributed by atoms with Crippen LogP contribution in [0.3, 0.4) is 0 Å². The lowest BCUT2D eigenvalue weighted by molar-refractivity contribution is 0.0717. The van der Waals surface area contributed by atoms with Crippen LogP contribution in [0.25, 0.3) is 6.08 Å². The Morgan fingerprint density at radius 1 is 1.38 bits per heavy atom. The SMILES string of the molecule is CCCc1ccc2c(c1)C=C[C@H](OC)C2=O. The van der Waals surface area contributed by atoms with Crippen molar-refractivity contribution >= 4 is 11.9 Å². The molecule has 2 nitrogen and oxygen atoms in total. The van der Waals surface area contributed by atoms with E-state index in [0.29, 0.717) is 0 Å². The Kier molecular flexibility index (Phi) is 3.20. The summed E-state index contributed by atoms with van der Waals surface area (Å²) >= 11 is 0. The third-order valence-corrected chi connectivity index (χ3v) is 2.88. The van der Waals surface area contributed by atoms with Crippen LogP contribution in [0.5, 0.6) is 0 Å². The van der Waals surface area contributed by atoms with Gasteiger partial charge in [-0.1, -0.05) is 37.6 Å². The van der Waals surface area contributed by atoms with E-state index < -0.39 is 6.10 Å². The molecule has 0 amide bonds. The Bertz CT molecular complexity index is 432. The molecule has 0 aliphatic heterocycles. The standard InChI is InChI=1S/C14H16O2/c1-3-4-10-5-7-12-11(9-10)6-8-13(16-2)14(12)15/h5-9,13H,3-4H2,1-2H3/t13-/m0/s1. The van der Waals surface area contributed by atoms with Crippen molar-refractivity contribution in [2.24, 2.45) is 0 Å². The van der Waals surface area contributed by atoms with E-state index in [4.69, 9.17) is 4.74 Å². The Morgan fingerprint density at radius 2 is 2.19 bits per heavy atom. The molecule has 1 aliphatic rings. The number of rotatable bonds is 3. The molecule has 0 bridgehead atoms. The monoisotopic (exact) mass is 216 g/mol. The summed E-state index contributed by atoms with van der Waals surface area (Å²) in [4.78, 5) is 11.9. The van der Waals surface area contributed by atoms with Crippen LogP contribution in [0.1, 0.15) is 34.8 Å². The van der Waals surface area contributed by atoms with E-state index in [1.165, 1.54) is 5.56 Å². The number of ketones is 1. The Labute approximate surface area is 95.9 Å². The Morgan fingerprint density at radius 3 is 2.88 bits per heavy atom. The van der Waals surface area contributed by atoms with Crippen LogP contribution in [-0.2, 0) is 11.2 Å². The zero-order chi connectivity index (χ0) is 11.5. The molecule has 1 aromatic rings. The molecule has 0 saturated heterocycles. The number of benzene rings is 1. The summed E-state index contributed by atoms with van der Waals surface area (Å²) in [7, 11) is 1.56. The van der Waals surface area contributed by atoms with Gasteiger partial charge in [0, 0.05) is 12.7 Å². The number of aryl methyl sites for hydroxylation is 1. The summed E-state index contributed by atoms with van der Waals surface area (Å²) in [6.07, 6.45) is 5.56. The number of methoxy groups -OCH3 is 1. The summed E-state index contributed by atoms with van der Waals surface area (Å²) in [5.74, 6) is 0.0584. The van der Waals surface area contributed by atoms with Crippen LogP contribution < -0.4 is 0 Å². The lowest BCUT2D eigenvalue weighted by Gasteiger charge is -2.17. The molecule has 0 heterocycles. The summed E-state index contributed by atoms with van der Waals surface area (Å²) in [6.45, 7) is 2.15. The van der Waals surface area contributed by atoms with Crippen molar-refractivity contribution in [2.45, 2.75) is 25.9 Å². The van der Waals surface area contributed by atoms with E-state index in [0.717, 1.165) is 24.0 Å². The molecule has 0 unspecified atom stereocenters.